The summed E-state index contributed by atoms with van der Waals surface area (Å²) in [5.74, 6) is -1.05. The number of aliphatic hydroxyl groups is 2. The van der Waals surface area contributed by atoms with Crippen LogP contribution >= 0.6 is 11.8 Å². The summed E-state index contributed by atoms with van der Waals surface area (Å²) in [7, 11) is -8.04. The minimum atomic E-state index is -4.02. The van der Waals surface area contributed by atoms with E-state index in [2.05, 4.69) is 20.3 Å². The van der Waals surface area contributed by atoms with Crippen LogP contribution in [0.4, 0.5) is 5.82 Å². The number of unbranched alkanes of at least 4 members (excludes halogenated alkanes) is 1. The lowest BCUT2D eigenvalue weighted by molar-refractivity contribution is -0.139. The molecule has 2 aromatic heterocycles. The molecule has 0 amide bonds. The number of carbonyl (C=O) groups is 1. The average molecular weight is 617 g/mol. The summed E-state index contributed by atoms with van der Waals surface area (Å²) in [6.45, 7) is 0.0732. The molecular formula is C19H32N6O11S3. The van der Waals surface area contributed by atoms with Crippen molar-refractivity contribution in [1.29, 1.82) is 0 Å². The summed E-state index contributed by atoms with van der Waals surface area (Å²) in [4.78, 5) is 23.4. The predicted octanol–water partition coefficient (Wildman–Crippen LogP) is -1.63. The third-order valence-corrected chi connectivity index (χ3v) is 7.78. The van der Waals surface area contributed by atoms with Crippen LogP contribution in [-0.2, 0) is 29.8 Å². The lowest BCUT2D eigenvalue weighted by Gasteiger charge is -2.19. The second-order valence-electron chi connectivity index (χ2n) is 8.49. The van der Waals surface area contributed by atoms with Gasteiger partial charge in [-0.3, -0.25) is 18.5 Å². The average Bonchev–Trinajstić information content (AvgIpc) is 3.38. The van der Waals surface area contributed by atoms with Gasteiger partial charge in [-0.15, -0.1) is 0 Å². The van der Waals surface area contributed by atoms with Crippen molar-refractivity contribution in [2.75, 3.05) is 35.8 Å². The molecule has 0 aliphatic carbocycles. The van der Waals surface area contributed by atoms with Crippen LogP contribution < -0.4 is 11.1 Å². The molecule has 3 rings (SSSR count). The Morgan fingerprint density at radius 3 is 2.28 bits per heavy atom. The molecular weight excluding hydrogens is 584 g/mol. The fourth-order valence-electron chi connectivity index (χ4n) is 3.56. The maximum Gasteiger partial charge on any atom is 0.320 e. The lowest BCUT2D eigenvalue weighted by atomic mass is 10.1. The monoisotopic (exact) mass is 616 g/mol. The van der Waals surface area contributed by atoms with Crippen molar-refractivity contribution in [1.82, 2.24) is 24.8 Å². The van der Waals surface area contributed by atoms with Crippen molar-refractivity contribution in [3.63, 3.8) is 0 Å². The molecule has 0 bridgehead atoms. The highest BCUT2D eigenvalue weighted by Crippen LogP contribution is 2.31. The molecule has 0 spiro atoms. The van der Waals surface area contributed by atoms with Crippen molar-refractivity contribution in [2.24, 2.45) is 0 Å². The fraction of sp³-hybridized carbons (Fsp3) is 0.684. The van der Waals surface area contributed by atoms with E-state index in [0.29, 0.717) is 23.3 Å². The number of carboxylic acid groups (broad SMARTS) is 1. The third-order valence-electron chi connectivity index (χ3n) is 5.53. The number of aliphatic carboxylic acids is 1. The second-order valence-corrected chi connectivity index (χ2v) is 12.6. The van der Waals surface area contributed by atoms with Crippen LogP contribution in [0.5, 0.6) is 0 Å². The normalized spacial score (nSPS) is 22.4. The van der Waals surface area contributed by atoms with Gasteiger partial charge in [0.1, 0.15) is 36.2 Å². The number of aliphatic hydroxyl groups excluding tert-OH is 2. The Hall–Kier alpha value is -2.17. The van der Waals surface area contributed by atoms with Crippen LogP contribution in [0, 0.1) is 0 Å². The van der Waals surface area contributed by atoms with E-state index < -0.39 is 68.3 Å². The number of thioether (sulfide) groups is 1. The Bertz CT molecular complexity index is 1270. The number of nitrogens with one attached hydrogen (secondary N) is 1. The number of nitrogen functional groups attached to an aromatic ring is 1. The first-order chi connectivity index (χ1) is 18.1. The fourth-order valence-corrected chi connectivity index (χ4v) is 5.17. The number of aromatic nitrogens is 4. The van der Waals surface area contributed by atoms with Crippen molar-refractivity contribution < 1.29 is 50.8 Å². The van der Waals surface area contributed by atoms with Gasteiger partial charge in [0.25, 0.3) is 20.2 Å². The van der Waals surface area contributed by atoms with Gasteiger partial charge in [0, 0.05) is 6.54 Å². The first-order valence-corrected chi connectivity index (χ1v) is 16.1. The second kappa shape index (κ2) is 14.5. The molecule has 17 nitrogen and oxygen atoms in total. The van der Waals surface area contributed by atoms with Gasteiger partial charge in [-0.1, -0.05) is 0 Å². The van der Waals surface area contributed by atoms with Gasteiger partial charge in [-0.2, -0.15) is 28.6 Å². The van der Waals surface area contributed by atoms with E-state index in [1.54, 1.807) is 11.8 Å². The van der Waals surface area contributed by atoms with Crippen molar-refractivity contribution in [3.05, 3.63) is 12.7 Å². The minimum Gasteiger partial charge on any atom is -0.480 e. The molecule has 0 aromatic carbocycles. The Kier molecular flexibility index (Phi) is 12.2. The standard InChI is InChI=1S/C15H22N6O5S.C4H10O6S2/c1-27-3-2-7(15(24)25)17-4-8-10(22)11(23)14(26-8)21-6-20-9-12(16)18-5-19-13(9)21;5-11(6,7)3-1-2-4-12(8,9)10/h5-8,10-11,14,17,22-23H,2-4H2,1H3,(H,24,25)(H2,16,18,19);1-4H2,(H,5,6,7)(H,8,9,10)/t7?,8-,10-,11-,14-;/m1./s1. The molecule has 1 aliphatic heterocycles. The van der Waals surface area contributed by atoms with Crippen LogP contribution in [0.15, 0.2) is 12.7 Å². The lowest BCUT2D eigenvalue weighted by Crippen LogP contribution is -2.44. The molecule has 2 aromatic rings. The van der Waals surface area contributed by atoms with Gasteiger partial charge < -0.3 is 31.1 Å². The maximum absolute atomic E-state index is 11.3. The zero-order valence-electron chi connectivity index (χ0n) is 20.8. The number of nitrogens with zero attached hydrogens (tertiary/aromatic N) is 4. The van der Waals surface area contributed by atoms with Crippen molar-refractivity contribution in [2.45, 2.75) is 49.8 Å². The van der Waals surface area contributed by atoms with Crippen LogP contribution in [0.25, 0.3) is 11.2 Å². The van der Waals surface area contributed by atoms with E-state index in [0.717, 1.165) is 0 Å². The van der Waals surface area contributed by atoms with Crippen LogP contribution in [-0.4, -0.2) is 121 Å². The number of carboxylic acids is 1. The van der Waals surface area contributed by atoms with Gasteiger partial charge >= 0.3 is 5.97 Å². The van der Waals surface area contributed by atoms with Gasteiger partial charge in [-0.25, -0.2) is 15.0 Å². The number of hydrogen-bond donors (Lipinski definition) is 7. The summed E-state index contributed by atoms with van der Waals surface area (Å²) in [5, 5.41) is 32.9. The zero-order chi connectivity index (χ0) is 29.4. The van der Waals surface area contributed by atoms with Gasteiger partial charge in [0.15, 0.2) is 17.7 Å². The topological polar surface area (TPSA) is 277 Å². The van der Waals surface area contributed by atoms with Crippen LogP contribution in [0.2, 0.25) is 0 Å². The largest absolute Gasteiger partial charge is 0.480 e. The van der Waals surface area contributed by atoms with E-state index in [9.17, 15) is 36.9 Å². The molecule has 1 saturated heterocycles. The molecule has 39 heavy (non-hydrogen) atoms. The number of rotatable bonds is 13. The molecule has 1 aliphatic rings. The third kappa shape index (κ3) is 10.4. The number of nitrogens with two attached hydrogens (primary N) is 1. The Morgan fingerprint density at radius 2 is 1.74 bits per heavy atom. The first-order valence-electron chi connectivity index (χ1n) is 11.4. The Labute approximate surface area is 228 Å². The molecule has 0 saturated carbocycles. The van der Waals surface area contributed by atoms with Gasteiger partial charge in [0.05, 0.1) is 17.8 Å². The smallest absolute Gasteiger partial charge is 0.320 e. The SMILES string of the molecule is CSCCC(NC[C@H]1O[C@@H](n2cnc3c(N)ncnc32)[C@H](O)[C@@H]1O)C(=O)O.O=S(=O)(O)CCCCS(=O)(=O)O. The van der Waals surface area contributed by atoms with Crippen molar-refractivity contribution >= 4 is 54.9 Å². The highest BCUT2D eigenvalue weighted by molar-refractivity contribution is 7.98. The predicted molar refractivity (Wildman–Crippen MR) is 140 cm³/mol. The van der Waals surface area contributed by atoms with Crippen LogP contribution in [0.1, 0.15) is 25.5 Å². The number of anilines is 1. The number of hydrogen-bond acceptors (Lipinski definition) is 14. The molecule has 5 atom stereocenters. The Balaban J connectivity index is 0.000000377. The number of ether oxygens (including phenoxy) is 1. The van der Waals surface area contributed by atoms with E-state index in [1.807, 2.05) is 6.26 Å². The zero-order valence-corrected chi connectivity index (χ0v) is 23.2. The maximum atomic E-state index is 11.3. The summed E-state index contributed by atoms with van der Waals surface area (Å²) >= 11 is 1.55. The minimum absolute atomic E-state index is 0.0125. The molecule has 222 valence electrons. The summed E-state index contributed by atoms with van der Waals surface area (Å²) < 4.78 is 64.1. The van der Waals surface area contributed by atoms with E-state index >= 15 is 0 Å². The highest BCUT2D eigenvalue weighted by Gasteiger charge is 2.44. The van der Waals surface area contributed by atoms with Gasteiger partial charge in [0.2, 0.25) is 0 Å². The van der Waals surface area contributed by atoms with Gasteiger partial charge in [-0.05, 0) is 31.3 Å². The molecule has 20 heteroatoms. The van der Waals surface area contributed by atoms with Crippen LogP contribution in [0.3, 0.4) is 0 Å². The number of imidazole rings is 1. The molecule has 1 fully saturated rings. The quantitative estimate of drug-likeness (QED) is 0.0981. The highest BCUT2D eigenvalue weighted by atomic mass is 32.2. The van der Waals surface area contributed by atoms with Crippen molar-refractivity contribution in [3.8, 4) is 0 Å². The summed E-state index contributed by atoms with van der Waals surface area (Å²) in [6.07, 6.45) is 0.883. The summed E-state index contributed by atoms with van der Waals surface area (Å²) in [5.41, 5.74) is 6.50. The molecule has 8 N–H and O–H groups in total. The summed E-state index contributed by atoms with van der Waals surface area (Å²) in [6, 6.07) is -0.758. The molecule has 1 unspecified atom stereocenters. The number of fused-ring (bicyclic) bond motifs is 1. The van der Waals surface area contributed by atoms with E-state index in [1.165, 1.54) is 17.2 Å². The molecule has 0 radical (unpaired) electrons. The van der Waals surface area contributed by atoms with E-state index in [-0.39, 0.29) is 25.2 Å². The van der Waals surface area contributed by atoms with E-state index in [4.69, 9.17) is 19.6 Å². The first kappa shape index (κ1) is 33.0. The molecule has 3 heterocycles. The Morgan fingerprint density at radius 1 is 1.13 bits per heavy atom.